The van der Waals surface area contributed by atoms with Crippen LogP contribution in [-0.4, -0.2) is 28.6 Å². The summed E-state index contributed by atoms with van der Waals surface area (Å²) < 4.78 is 13.7. The molecular formula is C19H21FN2O2. The topological polar surface area (TPSA) is 52.6 Å². The Hall–Kier alpha value is -2.40. The van der Waals surface area contributed by atoms with Crippen LogP contribution in [0.1, 0.15) is 30.9 Å². The molecular weight excluding hydrogens is 307 g/mol. The molecule has 2 unspecified atom stereocenters. The predicted octanol–water partition coefficient (Wildman–Crippen LogP) is 3.95. The molecule has 1 heterocycles. The zero-order chi connectivity index (χ0) is 16.9. The molecule has 2 atom stereocenters. The summed E-state index contributed by atoms with van der Waals surface area (Å²) in [5, 5.41) is 13.0. The van der Waals surface area contributed by atoms with Crippen molar-refractivity contribution in [2.24, 2.45) is 0 Å². The van der Waals surface area contributed by atoms with Crippen molar-refractivity contribution < 1.29 is 14.3 Å². The maximum atomic E-state index is 13.7. The van der Waals surface area contributed by atoms with E-state index in [1.165, 1.54) is 12.1 Å². The van der Waals surface area contributed by atoms with Crippen molar-refractivity contribution in [3.8, 4) is 0 Å². The first-order valence-electron chi connectivity index (χ1n) is 8.20. The molecule has 1 saturated heterocycles. The summed E-state index contributed by atoms with van der Waals surface area (Å²) in [6, 6.07) is 15.2. The van der Waals surface area contributed by atoms with Gasteiger partial charge in [0.05, 0.1) is 11.8 Å². The highest BCUT2D eigenvalue weighted by Gasteiger charge is 2.31. The van der Waals surface area contributed by atoms with Gasteiger partial charge in [0.25, 0.3) is 0 Å². The Bertz CT molecular complexity index is 693. The van der Waals surface area contributed by atoms with Crippen molar-refractivity contribution in [1.29, 1.82) is 0 Å². The lowest BCUT2D eigenvalue weighted by molar-refractivity contribution is 0.129. The summed E-state index contributed by atoms with van der Waals surface area (Å²) >= 11 is 0. The number of hydrogen-bond acceptors (Lipinski definition) is 2. The Morgan fingerprint density at radius 2 is 1.92 bits per heavy atom. The van der Waals surface area contributed by atoms with Crippen LogP contribution in [0.5, 0.6) is 0 Å². The van der Waals surface area contributed by atoms with E-state index in [1.54, 1.807) is 17.0 Å². The number of nitrogens with one attached hydrogen (secondary N) is 1. The smallest absolute Gasteiger partial charge is 0.322 e. The van der Waals surface area contributed by atoms with Gasteiger partial charge in [-0.25, -0.2) is 9.18 Å². The number of halogens is 1. The summed E-state index contributed by atoms with van der Waals surface area (Å²) in [6.45, 7) is 0.618. The highest BCUT2D eigenvalue weighted by molar-refractivity contribution is 5.89. The molecule has 3 rings (SSSR count). The highest BCUT2D eigenvalue weighted by Crippen LogP contribution is 2.28. The number of likely N-dealkylation sites (tertiary alicyclic amines) is 1. The van der Waals surface area contributed by atoms with Gasteiger partial charge >= 0.3 is 6.03 Å². The number of rotatable bonds is 4. The third kappa shape index (κ3) is 3.74. The van der Waals surface area contributed by atoms with Gasteiger partial charge < -0.3 is 15.3 Å². The average molecular weight is 328 g/mol. The number of anilines is 1. The van der Waals surface area contributed by atoms with E-state index < -0.39 is 11.9 Å². The number of amides is 2. The minimum atomic E-state index is -0.613. The number of aliphatic hydroxyl groups is 1. The van der Waals surface area contributed by atoms with Crippen LogP contribution in [0.15, 0.2) is 54.6 Å². The van der Waals surface area contributed by atoms with Crippen molar-refractivity contribution in [1.82, 2.24) is 4.90 Å². The monoisotopic (exact) mass is 328 g/mol. The standard InChI is InChI=1S/C19H21FN2O2/c20-16-10-4-5-11-17(16)21-19(24)22-12-6-9-15(22)13-18(23)14-7-2-1-3-8-14/h1-5,7-8,10-11,15,18,23H,6,9,12-13H2,(H,21,24). The van der Waals surface area contributed by atoms with E-state index in [-0.39, 0.29) is 17.8 Å². The molecule has 0 aromatic heterocycles. The average Bonchev–Trinajstić information content (AvgIpc) is 3.06. The van der Waals surface area contributed by atoms with Gasteiger partial charge in [0, 0.05) is 12.6 Å². The van der Waals surface area contributed by atoms with Gasteiger partial charge in [-0.3, -0.25) is 0 Å². The van der Waals surface area contributed by atoms with Gasteiger partial charge in [-0.1, -0.05) is 42.5 Å². The SMILES string of the molecule is O=C(Nc1ccccc1F)N1CCCC1CC(O)c1ccccc1. The molecule has 24 heavy (non-hydrogen) atoms. The summed E-state index contributed by atoms with van der Waals surface area (Å²) in [5.41, 5.74) is 1.02. The second-order valence-electron chi connectivity index (χ2n) is 6.06. The normalized spacial score (nSPS) is 18.4. The highest BCUT2D eigenvalue weighted by atomic mass is 19.1. The minimum Gasteiger partial charge on any atom is -0.388 e. The molecule has 4 nitrogen and oxygen atoms in total. The van der Waals surface area contributed by atoms with E-state index in [0.29, 0.717) is 13.0 Å². The van der Waals surface area contributed by atoms with E-state index >= 15 is 0 Å². The van der Waals surface area contributed by atoms with Gasteiger partial charge in [-0.05, 0) is 37.0 Å². The van der Waals surface area contributed by atoms with E-state index in [2.05, 4.69) is 5.32 Å². The zero-order valence-corrected chi connectivity index (χ0v) is 13.4. The van der Waals surface area contributed by atoms with Crippen LogP contribution in [0, 0.1) is 5.82 Å². The van der Waals surface area contributed by atoms with Gasteiger partial charge in [0.15, 0.2) is 0 Å². The molecule has 2 aromatic rings. The van der Waals surface area contributed by atoms with Crippen LogP contribution in [0.25, 0.3) is 0 Å². The lowest BCUT2D eigenvalue weighted by Crippen LogP contribution is -2.39. The molecule has 0 bridgehead atoms. The van der Waals surface area contributed by atoms with E-state index in [1.807, 2.05) is 30.3 Å². The second kappa shape index (κ2) is 7.45. The molecule has 0 radical (unpaired) electrons. The molecule has 2 amide bonds. The lowest BCUT2D eigenvalue weighted by atomic mass is 10.0. The van der Waals surface area contributed by atoms with Gasteiger partial charge in [0.1, 0.15) is 5.82 Å². The Morgan fingerprint density at radius 1 is 1.21 bits per heavy atom. The van der Waals surface area contributed by atoms with Crippen molar-refractivity contribution in [2.45, 2.75) is 31.4 Å². The Labute approximate surface area is 140 Å². The summed E-state index contributed by atoms with van der Waals surface area (Å²) in [5.74, 6) is -0.453. The Balaban J connectivity index is 1.65. The van der Waals surface area contributed by atoms with Crippen LogP contribution >= 0.6 is 0 Å². The molecule has 0 aliphatic carbocycles. The summed E-state index contributed by atoms with van der Waals surface area (Å²) in [7, 11) is 0. The minimum absolute atomic E-state index is 0.0491. The summed E-state index contributed by atoms with van der Waals surface area (Å²) in [4.78, 5) is 14.2. The number of hydrogen-bond donors (Lipinski definition) is 2. The van der Waals surface area contributed by atoms with Crippen molar-refractivity contribution in [3.05, 3.63) is 66.0 Å². The first-order valence-corrected chi connectivity index (χ1v) is 8.20. The van der Waals surface area contributed by atoms with Crippen molar-refractivity contribution in [3.63, 3.8) is 0 Å². The number of nitrogens with zero attached hydrogens (tertiary/aromatic N) is 1. The number of para-hydroxylation sites is 1. The first-order chi connectivity index (χ1) is 11.6. The van der Waals surface area contributed by atoms with E-state index in [9.17, 15) is 14.3 Å². The third-order valence-electron chi connectivity index (χ3n) is 4.43. The zero-order valence-electron chi connectivity index (χ0n) is 13.4. The molecule has 126 valence electrons. The van der Waals surface area contributed by atoms with Crippen LogP contribution in [0.3, 0.4) is 0 Å². The van der Waals surface area contributed by atoms with Crippen molar-refractivity contribution in [2.75, 3.05) is 11.9 Å². The fourth-order valence-electron chi connectivity index (χ4n) is 3.17. The first kappa shape index (κ1) is 16.5. The molecule has 1 aliphatic rings. The van der Waals surface area contributed by atoms with Crippen molar-refractivity contribution >= 4 is 11.7 Å². The second-order valence-corrected chi connectivity index (χ2v) is 6.06. The predicted molar refractivity (Wildman–Crippen MR) is 91.2 cm³/mol. The molecule has 5 heteroatoms. The molecule has 0 spiro atoms. The van der Waals surface area contributed by atoms with E-state index in [0.717, 1.165) is 18.4 Å². The number of carbonyl (C=O) groups is 1. The lowest BCUT2D eigenvalue weighted by Gasteiger charge is -2.27. The number of urea groups is 1. The fraction of sp³-hybridized carbons (Fsp3) is 0.316. The Morgan fingerprint density at radius 3 is 2.67 bits per heavy atom. The fourth-order valence-corrected chi connectivity index (χ4v) is 3.17. The van der Waals surface area contributed by atoms with Crippen LogP contribution in [0.4, 0.5) is 14.9 Å². The van der Waals surface area contributed by atoms with Gasteiger partial charge in [0.2, 0.25) is 0 Å². The van der Waals surface area contributed by atoms with Gasteiger partial charge in [-0.2, -0.15) is 0 Å². The molecule has 0 saturated carbocycles. The number of benzene rings is 2. The number of carbonyl (C=O) groups excluding carboxylic acids is 1. The maximum Gasteiger partial charge on any atom is 0.322 e. The maximum absolute atomic E-state index is 13.7. The third-order valence-corrected chi connectivity index (χ3v) is 4.43. The molecule has 1 aliphatic heterocycles. The van der Waals surface area contributed by atoms with Crippen LogP contribution in [-0.2, 0) is 0 Å². The molecule has 1 fully saturated rings. The molecule has 2 N–H and O–H groups in total. The van der Waals surface area contributed by atoms with E-state index in [4.69, 9.17) is 0 Å². The van der Waals surface area contributed by atoms with Gasteiger partial charge in [-0.15, -0.1) is 0 Å². The number of aliphatic hydroxyl groups excluding tert-OH is 1. The summed E-state index contributed by atoms with van der Waals surface area (Å²) in [6.07, 6.45) is 1.60. The Kier molecular flexibility index (Phi) is 5.11. The van der Waals surface area contributed by atoms with Crippen LogP contribution < -0.4 is 5.32 Å². The largest absolute Gasteiger partial charge is 0.388 e. The molecule has 2 aromatic carbocycles. The quantitative estimate of drug-likeness (QED) is 0.893. The van der Waals surface area contributed by atoms with Crippen LogP contribution in [0.2, 0.25) is 0 Å².